The number of benzene rings is 3. The van der Waals surface area contributed by atoms with Crippen LogP contribution in [0.5, 0.6) is 17.2 Å². The maximum Gasteiger partial charge on any atom is 0.303 e. The van der Waals surface area contributed by atoms with Crippen LogP contribution in [0.4, 0.5) is 0 Å². The van der Waals surface area contributed by atoms with Gasteiger partial charge in [-0.3, -0.25) is 38.4 Å². The summed E-state index contributed by atoms with van der Waals surface area (Å²) in [6, 6.07) is 20.0. The Morgan fingerprint density at radius 3 is 0.986 bits per heavy atom. The summed E-state index contributed by atoms with van der Waals surface area (Å²) in [5, 5.41) is 28.7. The lowest BCUT2D eigenvalue weighted by molar-refractivity contribution is -0.137. The molecular weight excluding hydrogens is 951 g/mol. The van der Waals surface area contributed by atoms with Crippen LogP contribution < -0.4 is 51.4 Å². The van der Waals surface area contributed by atoms with Crippen LogP contribution in [0, 0.1) is 0 Å². The van der Waals surface area contributed by atoms with Gasteiger partial charge in [0.2, 0.25) is 23.6 Å². The summed E-state index contributed by atoms with van der Waals surface area (Å²) >= 11 is 0. The molecule has 8 N–H and O–H groups in total. The van der Waals surface area contributed by atoms with E-state index < -0.39 is 17.4 Å². The lowest BCUT2D eigenvalue weighted by Crippen LogP contribution is -2.58. The first kappa shape index (κ1) is 60.0. The van der Waals surface area contributed by atoms with Gasteiger partial charge in [0.1, 0.15) is 22.8 Å². The van der Waals surface area contributed by atoms with Gasteiger partial charge in [-0.2, -0.15) is 0 Å². The molecule has 400 valence electrons. The van der Waals surface area contributed by atoms with Crippen molar-refractivity contribution in [1.29, 1.82) is 0 Å². The van der Waals surface area contributed by atoms with Crippen LogP contribution in [0.25, 0.3) is 0 Å². The minimum Gasteiger partial charge on any atom is -0.497 e. The molecule has 0 fully saturated rings. The molecule has 0 saturated heterocycles. The molecule has 73 heavy (non-hydrogen) atoms. The third kappa shape index (κ3) is 25.6. The number of aliphatic carboxylic acids is 1. The second-order valence-corrected chi connectivity index (χ2v) is 16.5. The number of ether oxygens (including phenoxy) is 6. The minimum absolute atomic E-state index is 0.0435. The van der Waals surface area contributed by atoms with Crippen molar-refractivity contribution in [2.24, 2.45) is 0 Å². The SMILES string of the molecule is COc1ccc(C(=O)NCCCNC(=O)CCOCC(COCCC(=O)NCCCNC(=O)c2ccc(OC)cc2)(COCCC(=O)NCCCNC(=O)c2ccc(OC)cc2)NC(=O)CCCC(=O)O)cc1. The van der Waals surface area contributed by atoms with Crippen molar-refractivity contribution >= 4 is 47.3 Å². The predicted octanol–water partition coefficient (Wildman–Crippen LogP) is 2.15. The van der Waals surface area contributed by atoms with Crippen LogP contribution in [-0.4, -0.2) is 158 Å². The number of methoxy groups -OCH3 is 3. The highest BCUT2D eigenvalue weighted by Gasteiger charge is 2.34. The predicted molar refractivity (Wildman–Crippen MR) is 268 cm³/mol. The topological polar surface area (TPSA) is 296 Å². The summed E-state index contributed by atoms with van der Waals surface area (Å²) in [4.78, 5) is 99.9. The van der Waals surface area contributed by atoms with Crippen LogP contribution in [0.1, 0.15) is 88.9 Å². The Bertz CT molecular complexity index is 1960. The number of nitrogens with one attached hydrogen (secondary N) is 7. The van der Waals surface area contributed by atoms with Crippen molar-refractivity contribution in [3.8, 4) is 17.2 Å². The van der Waals surface area contributed by atoms with E-state index in [4.69, 9.17) is 33.5 Å². The third-order valence-electron chi connectivity index (χ3n) is 10.7. The third-order valence-corrected chi connectivity index (χ3v) is 10.7. The molecule has 0 aliphatic carbocycles. The number of rotatable bonds is 38. The Morgan fingerprint density at radius 1 is 0.397 bits per heavy atom. The molecule has 7 amide bonds. The van der Waals surface area contributed by atoms with E-state index in [1.807, 2.05) is 0 Å². The second-order valence-electron chi connectivity index (χ2n) is 16.5. The van der Waals surface area contributed by atoms with Gasteiger partial charge < -0.3 is 70.7 Å². The number of hydrogen-bond acceptors (Lipinski definition) is 14. The van der Waals surface area contributed by atoms with E-state index in [1.165, 1.54) is 21.3 Å². The Kier molecular flexibility index (Phi) is 28.7. The van der Waals surface area contributed by atoms with Gasteiger partial charge in [-0.25, -0.2) is 0 Å². The van der Waals surface area contributed by atoms with E-state index in [-0.39, 0.29) is 133 Å². The smallest absolute Gasteiger partial charge is 0.303 e. The summed E-state index contributed by atoms with van der Waals surface area (Å²) in [6.07, 6.45) is 0.862. The van der Waals surface area contributed by atoms with Crippen LogP contribution in [0.15, 0.2) is 72.8 Å². The monoisotopic (exact) mass is 1020 g/mol. The number of carbonyl (C=O) groups is 8. The van der Waals surface area contributed by atoms with Crippen molar-refractivity contribution in [3.05, 3.63) is 89.5 Å². The Morgan fingerprint density at radius 2 is 0.699 bits per heavy atom. The number of hydrogen-bond donors (Lipinski definition) is 8. The molecule has 0 bridgehead atoms. The van der Waals surface area contributed by atoms with Crippen LogP contribution in [0.2, 0.25) is 0 Å². The molecule has 0 unspecified atom stereocenters. The van der Waals surface area contributed by atoms with E-state index in [0.29, 0.717) is 72.8 Å². The molecule has 0 atom stereocenters. The van der Waals surface area contributed by atoms with Crippen LogP contribution in [-0.2, 0) is 38.2 Å². The highest BCUT2D eigenvalue weighted by atomic mass is 16.5. The first-order chi connectivity index (χ1) is 35.3. The largest absolute Gasteiger partial charge is 0.497 e. The highest BCUT2D eigenvalue weighted by molar-refractivity contribution is 5.95. The van der Waals surface area contributed by atoms with Gasteiger partial charge in [0.15, 0.2) is 0 Å². The Labute approximate surface area is 425 Å². The standard InChI is InChI=1S/C51H71N7O15/c1-68-40-16-10-37(11-17-40)48(65)55-28-5-25-52-43(59)22-31-71-34-51(58-46(62)8-4-9-47(63)64,35-72-32-23-44(60)53-26-6-29-56-49(66)38-12-18-41(69-2)19-13-38)36-73-33-24-45(61)54-27-7-30-57-50(67)39-14-20-42(70-3)21-15-39/h10-21H,4-9,22-36H2,1-3H3,(H,52,59)(H,53,60)(H,54,61)(H,55,65)(H,56,66)(H,57,67)(H,58,62)(H,63,64). The second kappa shape index (κ2) is 34.9. The molecule has 0 aliphatic rings. The van der Waals surface area contributed by atoms with Gasteiger partial charge in [0, 0.05) is 88.1 Å². The van der Waals surface area contributed by atoms with E-state index >= 15 is 0 Å². The number of carboxylic acid groups (broad SMARTS) is 1. The molecule has 3 rings (SSSR count). The first-order valence-electron chi connectivity index (χ1n) is 24.1. The van der Waals surface area contributed by atoms with Crippen molar-refractivity contribution in [3.63, 3.8) is 0 Å². The summed E-state index contributed by atoms with van der Waals surface area (Å²) in [5.41, 5.74) is -0.00108. The van der Waals surface area contributed by atoms with Gasteiger partial charge in [0.05, 0.1) is 61.0 Å². The molecule has 0 aromatic heterocycles. The number of amides is 7. The van der Waals surface area contributed by atoms with E-state index in [1.54, 1.807) is 72.8 Å². The van der Waals surface area contributed by atoms with Gasteiger partial charge >= 0.3 is 5.97 Å². The zero-order valence-electron chi connectivity index (χ0n) is 41.9. The summed E-state index contributed by atoms with van der Waals surface area (Å²) in [5.74, 6) is -1.48. The van der Waals surface area contributed by atoms with E-state index in [2.05, 4.69) is 37.2 Å². The Balaban J connectivity index is 1.52. The number of carboxylic acids is 1. The molecule has 22 nitrogen and oxygen atoms in total. The van der Waals surface area contributed by atoms with Crippen LogP contribution >= 0.6 is 0 Å². The number of carbonyl (C=O) groups excluding carboxylic acids is 7. The van der Waals surface area contributed by atoms with Gasteiger partial charge in [-0.1, -0.05) is 0 Å². The molecule has 0 heterocycles. The lowest BCUT2D eigenvalue weighted by Gasteiger charge is -2.34. The molecule has 3 aromatic rings. The fourth-order valence-electron chi connectivity index (χ4n) is 6.64. The Hall–Kier alpha value is -7.30. The quantitative estimate of drug-likeness (QED) is 0.0382. The van der Waals surface area contributed by atoms with Crippen LogP contribution in [0.3, 0.4) is 0 Å². The van der Waals surface area contributed by atoms with Crippen molar-refractivity contribution < 1.29 is 71.9 Å². The molecule has 0 aliphatic heterocycles. The van der Waals surface area contributed by atoms with Gasteiger partial charge in [-0.05, 0) is 98.5 Å². The molecule has 22 heteroatoms. The highest BCUT2D eigenvalue weighted by Crippen LogP contribution is 2.15. The molecule has 3 aromatic carbocycles. The maximum atomic E-state index is 13.3. The summed E-state index contributed by atoms with van der Waals surface area (Å²) in [6.45, 7) is 0.857. The van der Waals surface area contributed by atoms with Crippen molar-refractivity contribution in [1.82, 2.24) is 37.2 Å². The van der Waals surface area contributed by atoms with Crippen molar-refractivity contribution in [2.75, 3.05) is 100 Å². The van der Waals surface area contributed by atoms with Gasteiger partial charge in [-0.15, -0.1) is 0 Å². The van der Waals surface area contributed by atoms with E-state index in [0.717, 1.165) is 0 Å². The van der Waals surface area contributed by atoms with Crippen molar-refractivity contribution in [2.45, 2.75) is 63.3 Å². The summed E-state index contributed by atoms with van der Waals surface area (Å²) < 4.78 is 33.2. The zero-order valence-corrected chi connectivity index (χ0v) is 41.9. The molecular formula is C51H71N7O15. The summed E-state index contributed by atoms with van der Waals surface area (Å²) in [7, 11) is 4.60. The maximum absolute atomic E-state index is 13.3. The normalized spacial score (nSPS) is 10.8. The van der Waals surface area contributed by atoms with Gasteiger partial charge in [0.25, 0.3) is 17.7 Å². The fraction of sp³-hybridized carbons (Fsp3) is 0.490. The fourth-order valence-corrected chi connectivity index (χ4v) is 6.64. The molecule has 0 radical (unpaired) electrons. The van der Waals surface area contributed by atoms with E-state index in [9.17, 15) is 38.4 Å². The zero-order chi connectivity index (χ0) is 53.1. The first-order valence-corrected chi connectivity index (χ1v) is 24.1. The minimum atomic E-state index is -1.41. The average Bonchev–Trinajstić information content (AvgIpc) is 3.39. The average molecular weight is 1020 g/mol. The lowest BCUT2D eigenvalue weighted by atomic mass is 10.0. The molecule has 0 spiro atoms. The molecule has 0 saturated carbocycles.